The van der Waals surface area contributed by atoms with Crippen molar-refractivity contribution in [3.05, 3.63) is 64.7 Å². The standard InChI is InChI=1S/C21H22F3NO3/c1-20(28-19(26)21(22,23)24)13-25-10-9-16-6-3-15(12-18(16)20)11-14-4-7-17(27-2)8-5-14/h3-8,12,25H,9-11,13H2,1-2H3/t20-/m1/s1. The number of hydrogen-bond acceptors (Lipinski definition) is 4. The summed E-state index contributed by atoms with van der Waals surface area (Å²) in [5, 5.41) is 3.06. The van der Waals surface area contributed by atoms with E-state index in [1.165, 1.54) is 6.92 Å². The molecule has 0 saturated carbocycles. The zero-order chi connectivity index (χ0) is 20.4. The number of fused-ring (bicyclic) bond motifs is 1. The minimum atomic E-state index is -5.03. The molecule has 3 rings (SSSR count). The maximum absolute atomic E-state index is 12.8. The maximum Gasteiger partial charge on any atom is 0.490 e. The number of halogens is 3. The Morgan fingerprint density at radius 2 is 1.82 bits per heavy atom. The van der Waals surface area contributed by atoms with Crippen molar-refractivity contribution in [1.29, 1.82) is 0 Å². The van der Waals surface area contributed by atoms with E-state index >= 15 is 0 Å². The molecule has 0 amide bonds. The number of carbonyl (C=O) groups is 1. The number of carbonyl (C=O) groups excluding carboxylic acids is 1. The van der Waals surface area contributed by atoms with Crippen LogP contribution in [0.25, 0.3) is 0 Å². The number of nitrogens with one attached hydrogen (secondary N) is 1. The van der Waals surface area contributed by atoms with Crippen LogP contribution in [0.1, 0.15) is 29.2 Å². The van der Waals surface area contributed by atoms with Gasteiger partial charge in [0.05, 0.1) is 7.11 Å². The van der Waals surface area contributed by atoms with Gasteiger partial charge in [-0.2, -0.15) is 13.2 Å². The molecule has 28 heavy (non-hydrogen) atoms. The number of methoxy groups -OCH3 is 1. The second kappa shape index (κ2) is 7.83. The quantitative estimate of drug-likeness (QED) is 0.804. The van der Waals surface area contributed by atoms with Crippen LogP contribution in [0.4, 0.5) is 13.2 Å². The Balaban J connectivity index is 1.91. The fourth-order valence-corrected chi connectivity index (χ4v) is 3.42. The Hall–Kier alpha value is -2.54. The van der Waals surface area contributed by atoms with Crippen LogP contribution >= 0.6 is 0 Å². The fraction of sp³-hybridized carbons (Fsp3) is 0.381. The lowest BCUT2D eigenvalue weighted by Gasteiger charge is -2.31. The molecule has 1 aliphatic heterocycles. The van der Waals surface area contributed by atoms with Gasteiger partial charge in [-0.05, 0) is 55.1 Å². The van der Waals surface area contributed by atoms with E-state index in [9.17, 15) is 18.0 Å². The van der Waals surface area contributed by atoms with Crippen molar-refractivity contribution in [3.63, 3.8) is 0 Å². The molecule has 0 aromatic heterocycles. The van der Waals surface area contributed by atoms with Crippen LogP contribution in [0.15, 0.2) is 42.5 Å². The zero-order valence-corrected chi connectivity index (χ0v) is 15.7. The summed E-state index contributed by atoms with van der Waals surface area (Å²) in [7, 11) is 1.60. The highest BCUT2D eigenvalue weighted by Gasteiger charge is 2.46. The molecular formula is C21H22F3NO3. The normalized spacial score (nSPS) is 19.5. The van der Waals surface area contributed by atoms with E-state index in [0.29, 0.717) is 24.9 Å². The predicted octanol–water partition coefficient (Wildman–Crippen LogP) is 3.75. The van der Waals surface area contributed by atoms with Gasteiger partial charge in [-0.1, -0.05) is 30.3 Å². The van der Waals surface area contributed by atoms with E-state index in [0.717, 1.165) is 22.4 Å². The van der Waals surface area contributed by atoms with Gasteiger partial charge < -0.3 is 14.8 Å². The van der Waals surface area contributed by atoms with Crippen molar-refractivity contribution in [2.24, 2.45) is 0 Å². The molecule has 0 unspecified atom stereocenters. The summed E-state index contributed by atoms with van der Waals surface area (Å²) in [5.41, 5.74) is 2.07. The van der Waals surface area contributed by atoms with Gasteiger partial charge >= 0.3 is 12.1 Å². The third kappa shape index (κ3) is 4.47. The smallest absolute Gasteiger partial charge is 0.490 e. The molecular weight excluding hydrogens is 371 g/mol. The first kappa shape index (κ1) is 20.2. The van der Waals surface area contributed by atoms with Crippen molar-refractivity contribution in [3.8, 4) is 5.75 Å². The zero-order valence-electron chi connectivity index (χ0n) is 15.7. The van der Waals surface area contributed by atoms with Crippen LogP contribution in [-0.4, -0.2) is 32.3 Å². The fourth-order valence-electron chi connectivity index (χ4n) is 3.42. The van der Waals surface area contributed by atoms with Gasteiger partial charge in [0.2, 0.25) is 0 Å². The summed E-state index contributed by atoms with van der Waals surface area (Å²) in [6.45, 7) is 2.24. The summed E-state index contributed by atoms with van der Waals surface area (Å²) < 4.78 is 48.4. The number of alkyl halides is 3. The van der Waals surface area contributed by atoms with Crippen LogP contribution in [0, 0.1) is 0 Å². The van der Waals surface area contributed by atoms with Gasteiger partial charge in [0.15, 0.2) is 0 Å². The van der Waals surface area contributed by atoms with Crippen molar-refractivity contribution < 1.29 is 27.4 Å². The van der Waals surface area contributed by atoms with E-state index in [4.69, 9.17) is 9.47 Å². The Morgan fingerprint density at radius 1 is 1.14 bits per heavy atom. The molecule has 0 aliphatic carbocycles. The highest BCUT2D eigenvalue weighted by atomic mass is 19.4. The summed E-state index contributed by atoms with van der Waals surface area (Å²) in [6.07, 6.45) is -3.78. The summed E-state index contributed by atoms with van der Waals surface area (Å²) in [4.78, 5) is 11.5. The van der Waals surface area contributed by atoms with E-state index in [2.05, 4.69) is 5.32 Å². The van der Waals surface area contributed by atoms with Crippen molar-refractivity contribution >= 4 is 5.97 Å². The molecule has 0 spiro atoms. The lowest BCUT2D eigenvalue weighted by atomic mass is 9.88. The monoisotopic (exact) mass is 393 g/mol. The highest BCUT2D eigenvalue weighted by Crippen LogP contribution is 2.34. The molecule has 0 fully saturated rings. The molecule has 0 radical (unpaired) electrons. The Bertz CT molecular complexity index is 849. The van der Waals surface area contributed by atoms with Crippen LogP contribution in [-0.2, 0) is 28.0 Å². The summed E-state index contributed by atoms with van der Waals surface area (Å²) >= 11 is 0. The van der Waals surface area contributed by atoms with Gasteiger partial charge in [-0.15, -0.1) is 0 Å². The average Bonchev–Trinajstić information content (AvgIpc) is 2.81. The minimum absolute atomic E-state index is 0.119. The lowest BCUT2D eigenvalue weighted by Crippen LogP contribution is -2.42. The third-order valence-corrected chi connectivity index (χ3v) is 4.89. The Morgan fingerprint density at radius 3 is 2.46 bits per heavy atom. The first-order valence-corrected chi connectivity index (χ1v) is 8.97. The average molecular weight is 393 g/mol. The molecule has 0 bridgehead atoms. The molecule has 1 N–H and O–H groups in total. The molecule has 4 nitrogen and oxygen atoms in total. The largest absolute Gasteiger partial charge is 0.497 e. The van der Waals surface area contributed by atoms with Crippen molar-refractivity contribution in [2.45, 2.75) is 31.5 Å². The molecule has 1 atom stereocenters. The topological polar surface area (TPSA) is 47.6 Å². The summed E-state index contributed by atoms with van der Waals surface area (Å²) in [5.74, 6) is -1.42. The molecule has 7 heteroatoms. The molecule has 150 valence electrons. The van der Waals surface area contributed by atoms with E-state index in [1.54, 1.807) is 7.11 Å². The van der Waals surface area contributed by atoms with Crippen molar-refractivity contribution in [2.75, 3.05) is 20.2 Å². The molecule has 2 aromatic rings. The Labute approximate surface area is 161 Å². The maximum atomic E-state index is 12.8. The second-order valence-corrected chi connectivity index (χ2v) is 7.06. The molecule has 0 saturated heterocycles. The van der Waals surface area contributed by atoms with Crippen LogP contribution in [0.2, 0.25) is 0 Å². The SMILES string of the molecule is COc1ccc(Cc2ccc3c(c2)[C@](C)(OC(=O)C(F)(F)F)CNCC3)cc1. The first-order valence-electron chi connectivity index (χ1n) is 8.97. The van der Waals surface area contributed by atoms with E-state index in [1.807, 2.05) is 42.5 Å². The van der Waals surface area contributed by atoms with Gasteiger partial charge in [0, 0.05) is 12.1 Å². The first-order chi connectivity index (χ1) is 13.2. The third-order valence-electron chi connectivity index (χ3n) is 4.89. The molecule has 2 aromatic carbocycles. The second-order valence-electron chi connectivity index (χ2n) is 7.06. The van der Waals surface area contributed by atoms with Crippen LogP contribution in [0.5, 0.6) is 5.75 Å². The van der Waals surface area contributed by atoms with Crippen LogP contribution in [0.3, 0.4) is 0 Å². The van der Waals surface area contributed by atoms with Gasteiger partial charge in [0.25, 0.3) is 0 Å². The van der Waals surface area contributed by atoms with Gasteiger partial charge in [-0.3, -0.25) is 0 Å². The van der Waals surface area contributed by atoms with Crippen molar-refractivity contribution in [1.82, 2.24) is 5.32 Å². The van der Waals surface area contributed by atoms with E-state index < -0.39 is 17.7 Å². The number of benzene rings is 2. The number of rotatable bonds is 4. The van der Waals surface area contributed by atoms with Gasteiger partial charge in [-0.25, -0.2) is 4.79 Å². The highest BCUT2D eigenvalue weighted by molar-refractivity contribution is 5.76. The lowest BCUT2D eigenvalue weighted by molar-refractivity contribution is -0.213. The number of ether oxygens (including phenoxy) is 2. The van der Waals surface area contributed by atoms with Crippen LogP contribution < -0.4 is 10.1 Å². The molecule has 1 heterocycles. The Kier molecular flexibility index (Phi) is 5.65. The molecule has 1 aliphatic rings. The predicted molar refractivity (Wildman–Crippen MR) is 98.3 cm³/mol. The summed E-state index contributed by atoms with van der Waals surface area (Å²) in [6, 6.07) is 13.3. The minimum Gasteiger partial charge on any atom is -0.497 e. The van der Waals surface area contributed by atoms with Gasteiger partial charge in [0.1, 0.15) is 11.4 Å². The number of hydrogen-bond donors (Lipinski definition) is 1. The number of esters is 1. The van der Waals surface area contributed by atoms with E-state index in [-0.39, 0.29) is 6.54 Å².